The second kappa shape index (κ2) is 6.35. The van der Waals surface area contributed by atoms with Crippen molar-refractivity contribution in [3.05, 3.63) is 57.6 Å². The Morgan fingerprint density at radius 3 is 2.40 bits per heavy atom. The van der Waals surface area contributed by atoms with Gasteiger partial charge in [0.05, 0.1) is 14.2 Å². The summed E-state index contributed by atoms with van der Waals surface area (Å²) >= 11 is 12.1. The maximum atomic E-state index is 10.6. The molecule has 1 N–H and O–H groups in total. The highest BCUT2D eigenvalue weighted by Gasteiger charge is 2.20. The summed E-state index contributed by atoms with van der Waals surface area (Å²) in [6.07, 6.45) is -0.953. The lowest BCUT2D eigenvalue weighted by Gasteiger charge is -2.18. The van der Waals surface area contributed by atoms with E-state index in [2.05, 4.69) is 0 Å². The quantitative estimate of drug-likeness (QED) is 0.924. The van der Waals surface area contributed by atoms with Crippen LogP contribution in [0.1, 0.15) is 17.2 Å². The first-order valence-corrected chi connectivity index (χ1v) is 6.68. The Kier molecular flexibility index (Phi) is 4.76. The summed E-state index contributed by atoms with van der Waals surface area (Å²) in [4.78, 5) is 0. The average Bonchev–Trinajstić information content (AvgIpc) is 2.48. The molecule has 0 fully saturated rings. The molecule has 20 heavy (non-hydrogen) atoms. The SMILES string of the molecule is COc1cccc(C(O)c2cc(Cl)ccc2Cl)c1OC. The minimum Gasteiger partial charge on any atom is -0.493 e. The van der Waals surface area contributed by atoms with Crippen molar-refractivity contribution in [2.24, 2.45) is 0 Å². The Balaban J connectivity index is 2.53. The summed E-state index contributed by atoms with van der Waals surface area (Å²) in [6.45, 7) is 0. The van der Waals surface area contributed by atoms with Crippen LogP contribution in [0.5, 0.6) is 11.5 Å². The van der Waals surface area contributed by atoms with Gasteiger partial charge in [-0.1, -0.05) is 35.3 Å². The van der Waals surface area contributed by atoms with Gasteiger partial charge < -0.3 is 14.6 Å². The van der Waals surface area contributed by atoms with Gasteiger partial charge in [-0.3, -0.25) is 0 Å². The predicted octanol–water partition coefficient (Wildman–Crippen LogP) is 4.09. The highest BCUT2D eigenvalue weighted by molar-refractivity contribution is 6.33. The Morgan fingerprint density at radius 1 is 1.00 bits per heavy atom. The Labute approximate surface area is 127 Å². The van der Waals surface area contributed by atoms with E-state index in [0.717, 1.165) is 0 Å². The van der Waals surface area contributed by atoms with Gasteiger partial charge in [0.2, 0.25) is 0 Å². The van der Waals surface area contributed by atoms with E-state index in [1.807, 2.05) is 0 Å². The second-order valence-corrected chi connectivity index (χ2v) is 4.99. The van der Waals surface area contributed by atoms with Crippen LogP contribution in [0.25, 0.3) is 0 Å². The summed E-state index contributed by atoms with van der Waals surface area (Å²) in [5.74, 6) is 1.01. The molecule has 2 aromatic carbocycles. The monoisotopic (exact) mass is 312 g/mol. The standard InChI is InChI=1S/C15H14Cl2O3/c1-19-13-5-3-4-10(15(13)20-2)14(18)11-8-9(16)6-7-12(11)17/h3-8,14,18H,1-2H3. The van der Waals surface area contributed by atoms with Crippen molar-refractivity contribution in [2.45, 2.75) is 6.10 Å². The van der Waals surface area contributed by atoms with Crippen molar-refractivity contribution in [1.29, 1.82) is 0 Å². The van der Waals surface area contributed by atoms with Crippen molar-refractivity contribution in [1.82, 2.24) is 0 Å². The molecule has 106 valence electrons. The third kappa shape index (κ3) is 2.85. The number of hydrogen-bond donors (Lipinski definition) is 1. The van der Waals surface area contributed by atoms with E-state index in [0.29, 0.717) is 32.7 Å². The first-order chi connectivity index (χ1) is 9.58. The lowest BCUT2D eigenvalue weighted by Crippen LogP contribution is -2.04. The van der Waals surface area contributed by atoms with Crippen LogP contribution < -0.4 is 9.47 Å². The molecule has 0 heterocycles. The maximum Gasteiger partial charge on any atom is 0.166 e. The number of ether oxygens (including phenoxy) is 2. The molecule has 0 saturated carbocycles. The molecule has 0 aliphatic carbocycles. The minimum atomic E-state index is -0.953. The molecular weight excluding hydrogens is 299 g/mol. The van der Waals surface area contributed by atoms with Crippen molar-refractivity contribution < 1.29 is 14.6 Å². The second-order valence-electron chi connectivity index (χ2n) is 4.15. The Bertz CT molecular complexity index is 614. The van der Waals surface area contributed by atoms with Crippen LogP contribution in [0.3, 0.4) is 0 Å². The van der Waals surface area contributed by atoms with Crippen LogP contribution in [-0.4, -0.2) is 19.3 Å². The maximum absolute atomic E-state index is 10.6. The van der Waals surface area contributed by atoms with Gasteiger partial charge >= 0.3 is 0 Å². The lowest BCUT2D eigenvalue weighted by molar-refractivity contribution is 0.213. The molecule has 0 spiro atoms. The van der Waals surface area contributed by atoms with Crippen molar-refractivity contribution in [3.8, 4) is 11.5 Å². The van der Waals surface area contributed by atoms with Gasteiger partial charge in [-0.15, -0.1) is 0 Å². The summed E-state index contributed by atoms with van der Waals surface area (Å²) in [7, 11) is 3.06. The number of rotatable bonds is 4. The molecule has 5 heteroatoms. The first-order valence-electron chi connectivity index (χ1n) is 5.92. The van der Waals surface area contributed by atoms with E-state index < -0.39 is 6.10 Å². The topological polar surface area (TPSA) is 38.7 Å². The van der Waals surface area contributed by atoms with Crippen LogP contribution in [0.2, 0.25) is 10.0 Å². The number of aliphatic hydroxyl groups is 1. The van der Waals surface area contributed by atoms with Crippen LogP contribution in [0.4, 0.5) is 0 Å². The van der Waals surface area contributed by atoms with Crippen molar-refractivity contribution in [3.63, 3.8) is 0 Å². The Hall–Kier alpha value is -1.42. The third-order valence-electron chi connectivity index (χ3n) is 2.98. The predicted molar refractivity (Wildman–Crippen MR) is 80.1 cm³/mol. The van der Waals surface area contributed by atoms with Crippen molar-refractivity contribution in [2.75, 3.05) is 14.2 Å². The molecule has 0 aliphatic heterocycles. The molecule has 0 aliphatic rings. The zero-order valence-electron chi connectivity index (χ0n) is 11.1. The van der Waals surface area contributed by atoms with E-state index in [4.69, 9.17) is 32.7 Å². The normalized spacial score (nSPS) is 12.1. The van der Waals surface area contributed by atoms with E-state index in [-0.39, 0.29) is 0 Å². The molecule has 0 saturated heterocycles. The van der Waals surface area contributed by atoms with E-state index in [1.54, 1.807) is 43.5 Å². The van der Waals surface area contributed by atoms with E-state index in [1.165, 1.54) is 7.11 Å². The summed E-state index contributed by atoms with van der Waals surface area (Å²) in [5.41, 5.74) is 1.08. The lowest BCUT2D eigenvalue weighted by atomic mass is 10.00. The molecule has 1 unspecified atom stereocenters. The van der Waals surface area contributed by atoms with Gasteiger partial charge in [0.25, 0.3) is 0 Å². The largest absolute Gasteiger partial charge is 0.493 e. The fourth-order valence-corrected chi connectivity index (χ4v) is 2.42. The van der Waals surface area contributed by atoms with E-state index in [9.17, 15) is 5.11 Å². The fraction of sp³-hybridized carbons (Fsp3) is 0.200. The van der Waals surface area contributed by atoms with Gasteiger partial charge in [-0.25, -0.2) is 0 Å². The number of methoxy groups -OCH3 is 2. The van der Waals surface area contributed by atoms with Crippen LogP contribution in [0, 0.1) is 0 Å². The van der Waals surface area contributed by atoms with Crippen LogP contribution in [0.15, 0.2) is 36.4 Å². The molecule has 0 radical (unpaired) electrons. The number of para-hydroxylation sites is 1. The number of hydrogen-bond acceptors (Lipinski definition) is 3. The van der Waals surface area contributed by atoms with Gasteiger partial charge in [0, 0.05) is 21.2 Å². The fourth-order valence-electron chi connectivity index (χ4n) is 2.02. The summed E-state index contributed by atoms with van der Waals surface area (Å²) in [6, 6.07) is 10.2. The Morgan fingerprint density at radius 2 is 1.75 bits per heavy atom. The zero-order valence-corrected chi connectivity index (χ0v) is 12.6. The molecule has 1 atom stereocenters. The van der Waals surface area contributed by atoms with Gasteiger partial charge in [0.15, 0.2) is 11.5 Å². The molecule has 2 aromatic rings. The highest BCUT2D eigenvalue weighted by atomic mass is 35.5. The summed E-state index contributed by atoms with van der Waals surface area (Å²) in [5, 5.41) is 11.5. The van der Waals surface area contributed by atoms with Crippen molar-refractivity contribution >= 4 is 23.2 Å². The molecule has 3 nitrogen and oxygen atoms in total. The van der Waals surface area contributed by atoms with Crippen LogP contribution >= 0.6 is 23.2 Å². The van der Waals surface area contributed by atoms with Gasteiger partial charge in [-0.2, -0.15) is 0 Å². The highest BCUT2D eigenvalue weighted by Crippen LogP contribution is 2.39. The minimum absolute atomic E-state index is 0.437. The first kappa shape index (κ1) is 15.0. The molecule has 2 rings (SSSR count). The zero-order chi connectivity index (χ0) is 14.7. The van der Waals surface area contributed by atoms with Crippen LogP contribution in [-0.2, 0) is 0 Å². The number of halogens is 2. The molecule has 0 amide bonds. The number of benzene rings is 2. The summed E-state index contributed by atoms with van der Waals surface area (Å²) < 4.78 is 10.5. The average molecular weight is 313 g/mol. The third-order valence-corrected chi connectivity index (χ3v) is 3.56. The number of aliphatic hydroxyl groups excluding tert-OH is 1. The molecule has 0 bridgehead atoms. The van der Waals surface area contributed by atoms with Gasteiger partial charge in [-0.05, 0) is 24.3 Å². The van der Waals surface area contributed by atoms with Gasteiger partial charge in [0.1, 0.15) is 6.10 Å². The smallest absolute Gasteiger partial charge is 0.166 e. The molecular formula is C15H14Cl2O3. The molecule has 0 aromatic heterocycles. The van der Waals surface area contributed by atoms with E-state index >= 15 is 0 Å².